The van der Waals surface area contributed by atoms with Crippen LogP contribution in [0.2, 0.25) is 0 Å². The Hall–Kier alpha value is -3.56. The van der Waals surface area contributed by atoms with Crippen molar-refractivity contribution in [2.24, 2.45) is 5.92 Å². The summed E-state index contributed by atoms with van der Waals surface area (Å²) >= 11 is 0. The first-order valence-electron chi connectivity index (χ1n) is 11.7. The van der Waals surface area contributed by atoms with Gasteiger partial charge >= 0.3 is 0 Å². The van der Waals surface area contributed by atoms with Crippen LogP contribution in [0.1, 0.15) is 31.2 Å². The highest BCUT2D eigenvalue weighted by molar-refractivity contribution is 7.89. The molecule has 9 heteroatoms. The zero-order valence-electron chi connectivity index (χ0n) is 19.1. The summed E-state index contributed by atoms with van der Waals surface area (Å²) in [7, 11) is -3.70. The minimum atomic E-state index is -3.70. The number of hydrogen-bond donors (Lipinski definition) is 3. The molecule has 3 N–H and O–H groups in total. The van der Waals surface area contributed by atoms with E-state index in [0.29, 0.717) is 43.6 Å². The standard InChI is InChI=1S/C26H27N5O3S/c32-26(28-17-18-5-4-14-27-16-18)20-8-10-21(11-9-20)31-35(33,34)22-12-13-23-24(15-22)30-25(29-23)19-6-2-1-3-7-19/h1-7,12-16,20-21,31H,8-11,17H2,(H,28,32)(H,29,30). The zero-order chi connectivity index (χ0) is 24.3. The molecule has 1 fully saturated rings. The van der Waals surface area contributed by atoms with Gasteiger partial charge in [0.1, 0.15) is 5.82 Å². The lowest BCUT2D eigenvalue weighted by atomic mass is 9.86. The molecule has 35 heavy (non-hydrogen) atoms. The number of rotatable bonds is 7. The highest BCUT2D eigenvalue weighted by Gasteiger charge is 2.29. The van der Waals surface area contributed by atoms with E-state index in [2.05, 4.69) is 25.0 Å². The van der Waals surface area contributed by atoms with Gasteiger partial charge in [-0.1, -0.05) is 36.4 Å². The number of hydrogen-bond acceptors (Lipinski definition) is 5. The van der Waals surface area contributed by atoms with Crippen LogP contribution < -0.4 is 10.0 Å². The lowest BCUT2D eigenvalue weighted by Gasteiger charge is -2.28. The Morgan fingerprint density at radius 2 is 1.80 bits per heavy atom. The van der Waals surface area contributed by atoms with Crippen molar-refractivity contribution in [3.8, 4) is 11.4 Å². The van der Waals surface area contributed by atoms with Gasteiger partial charge in [0.15, 0.2) is 0 Å². The van der Waals surface area contributed by atoms with E-state index in [1.54, 1.807) is 30.6 Å². The second kappa shape index (κ2) is 9.97. The summed E-state index contributed by atoms with van der Waals surface area (Å²) in [5.41, 5.74) is 3.26. The number of carbonyl (C=O) groups excluding carboxylic acids is 1. The minimum Gasteiger partial charge on any atom is -0.352 e. The smallest absolute Gasteiger partial charge is 0.240 e. The van der Waals surface area contributed by atoms with Gasteiger partial charge in [0, 0.05) is 36.5 Å². The van der Waals surface area contributed by atoms with Gasteiger partial charge in [0.2, 0.25) is 15.9 Å². The predicted octanol–water partition coefficient (Wildman–Crippen LogP) is 3.78. The summed E-state index contributed by atoms with van der Waals surface area (Å²) in [4.78, 5) is 24.6. The number of benzene rings is 2. The molecule has 2 heterocycles. The maximum atomic E-state index is 13.1. The average molecular weight is 490 g/mol. The number of amides is 1. The largest absolute Gasteiger partial charge is 0.352 e. The highest BCUT2D eigenvalue weighted by Crippen LogP contribution is 2.27. The maximum Gasteiger partial charge on any atom is 0.240 e. The van der Waals surface area contributed by atoms with Crippen LogP contribution in [0.5, 0.6) is 0 Å². The lowest BCUT2D eigenvalue weighted by molar-refractivity contribution is -0.126. The average Bonchev–Trinajstić information content (AvgIpc) is 3.32. The fraction of sp³-hybridized carbons (Fsp3) is 0.269. The third-order valence-electron chi connectivity index (χ3n) is 6.42. The van der Waals surface area contributed by atoms with Crippen LogP contribution in [0, 0.1) is 5.92 Å². The molecule has 1 aliphatic carbocycles. The van der Waals surface area contributed by atoms with E-state index in [9.17, 15) is 13.2 Å². The van der Waals surface area contributed by atoms with Gasteiger partial charge in [-0.2, -0.15) is 0 Å². The van der Waals surface area contributed by atoms with Crippen LogP contribution in [0.15, 0.2) is 78.0 Å². The Labute approximate surface area is 204 Å². The van der Waals surface area contributed by atoms with Crippen molar-refractivity contribution >= 4 is 27.0 Å². The quantitative estimate of drug-likeness (QED) is 0.365. The van der Waals surface area contributed by atoms with Crippen LogP contribution in [0.25, 0.3) is 22.4 Å². The number of H-pyrrole nitrogens is 1. The zero-order valence-corrected chi connectivity index (χ0v) is 20.0. The van der Waals surface area contributed by atoms with Gasteiger partial charge in [-0.25, -0.2) is 18.1 Å². The topological polar surface area (TPSA) is 117 Å². The summed E-state index contributed by atoms with van der Waals surface area (Å²) in [6, 6.07) is 18.2. The molecule has 1 amide bonds. The summed E-state index contributed by atoms with van der Waals surface area (Å²) in [6.07, 6.45) is 5.95. The number of pyridine rings is 1. The Morgan fingerprint density at radius 3 is 2.54 bits per heavy atom. The maximum absolute atomic E-state index is 13.1. The molecule has 1 aliphatic rings. The van der Waals surface area contributed by atoms with Gasteiger partial charge in [0.05, 0.1) is 15.9 Å². The summed E-state index contributed by atoms with van der Waals surface area (Å²) in [5.74, 6) is 0.598. The number of fused-ring (bicyclic) bond motifs is 1. The fourth-order valence-electron chi connectivity index (χ4n) is 4.48. The van der Waals surface area contributed by atoms with E-state index >= 15 is 0 Å². The minimum absolute atomic E-state index is 0.00774. The van der Waals surface area contributed by atoms with Crippen LogP contribution in [-0.4, -0.2) is 35.3 Å². The van der Waals surface area contributed by atoms with E-state index in [1.807, 2.05) is 42.5 Å². The number of aromatic nitrogens is 3. The number of carbonyl (C=O) groups is 1. The van der Waals surface area contributed by atoms with Crippen molar-refractivity contribution < 1.29 is 13.2 Å². The third kappa shape index (κ3) is 5.41. The summed E-state index contributed by atoms with van der Waals surface area (Å²) in [6.45, 7) is 0.445. The molecule has 180 valence electrons. The Bertz CT molecular complexity index is 1410. The molecule has 1 saturated carbocycles. The predicted molar refractivity (Wildman–Crippen MR) is 134 cm³/mol. The second-order valence-electron chi connectivity index (χ2n) is 8.88. The molecule has 2 aromatic heterocycles. The number of aromatic amines is 1. The first-order valence-corrected chi connectivity index (χ1v) is 13.2. The monoisotopic (exact) mass is 489 g/mol. The second-order valence-corrected chi connectivity index (χ2v) is 10.6. The third-order valence-corrected chi connectivity index (χ3v) is 7.94. The first kappa shape index (κ1) is 23.2. The molecule has 0 unspecified atom stereocenters. The number of nitrogens with zero attached hydrogens (tertiary/aromatic N) is 2. The van der Waals surface area contributed by atoms with E-state index < -0.39 is 10.0 Å². The van der Waals surface area contributed by atoms with Crippen LogP contribution in [0.3, 0.4) is 0 Å². The molecule has 8 nitrogen and oxygen atoms in total. The molecule has 0 atom stereocenters. The first-order chi connectivity index (χ1) is 17.0. The van der Waals surface area contributed by atoms with Crippen LogP contribution in [0.4, 0.5) is 0 Å². The van der Waals surface area contributed by atoms with Crippen molar-refractivity contribution in [1.29, 1.82) is 0 Å². The fourth-order valence-corrected chi connectivity index (χ4v) is 5.81. The molecular weight excluding hydrogens is 462 g/mol. The van der Waals surface area contributed by atoms with Crippen molar-refractivity contribution in [3.05, 3.63) is 78.6 Å². The van der Waals surface area contributed by atoms with Gasteiger partial charge in [-0.05, 0) is 55.5 Å². The van der Waals surface area contributed by atoms with Crippen molar-refractivity contribution in [2.45, 2.75) is 43.2 Å². The van der Waals surface area contributed by atoms with Crippen molar-refractivity contribution in [2.75, 3.05) is 0 Å². The molecule has 0 radical (unpaired) electrons. The summed E-state index contributed by atoms with van der Waals surface area (Å²) in [5, 5.41) is 2.96. The highest BCUT2D eigenvalue weighted by atomic mass is 32.2. The van der Waals surface area contributed by atoms with Crippen molar-refractivity contribution in [3.63, 3.8) is 0 Å². The van der Waals surface area contributed by atoms with Gasteiger partial charge < -0.3 is 10.3 Å². The molecule has 0 spiro atoms. The molecule has 0 saturated heterocycles. The normalized spacial score (nSPS) is 18.4. The number of sulfonamides is 1. The molecule has 0 bridgehead atoms. The van der Waals surface area contributed by atoms with Gasteiger partial charge in [-0.3, -0.25) is 9.78 Å². The Kier molecular flexibility index (Phi) is 6.61. The van der Waals surface area contributed by atoms with Gasteiger partial charge in [0.25, 0.3) is 0 Å². The lowest BCUT2D eigenvalue weighted by Crippen LogP contribution is -2.40. The molecule has 2 aromatic carbocycles. The van der Waals surface area contributed by atoms with E-state index in [4.69, 9.17) is 0 Å². The molecular formula is C26H27N5O3S. The van der Waals surface area contributed by atoms with E-state index in [1.165, 1.54) is 0 Å². The Balaban J connectivity index is 1.19. The molecule has 0 aliphatic heterocycles. The van der Waals surface area contributed by atoms with Crippen LogP contribution in [-0.2, 0) is 21.4 Å². The molecule has 4 aromatic rings. The van der Waals surface area contributed by atoms with Crippen molar-refractivity contribution in [1.82, 2.24) is 25.0 Å². The Morgan fingerprint density at radius 1 is 1.00 bits per heavy atom. The number of nitrogens with one attached hydrogen (secondary N) is 3. The van der Waals surface area contributed by atoms with E-state index in [0.717, 1.165) is 16.6 Å². The molecule has 5 rings (SSSR count). The van der Waals surface area contributed by atoms with E-state index in [-0.39, 0.29) is 22.8 Å². The number of imidazole rings is 1. The summed E-state index contributed by atoms with van der Waals surface area (Å²) < 4.78 is 28.9. The van der Waals surface area contributed by atoms with Gasteiger partial charge in [-0.15, -0.1) is 0 Å². The van der Waals surface area contributed by atoms with Crippen LogP contribution >= 0.6 is 0 Å². The SMILES string of the molecule is O=C(NCc1cccnc1)C1CCC(NS(=O)(=O)c2ccc3[nH]c(-c4ccccc4)nc3c2)CC1.